The van der Waals surface area contributed by atoms with Gasteiger partial charge >= 0.3 is 0 Å². The molecule has 0 atom stereocenters. The van der Waals surface area contributed by atoms with Gasteiger partial charge in [0.15, 0.2) is 0 Å². The van der Waals surface area contributed by atoms with Gasteiger partial charge in [0.05, 0.1) is 0 Å². The van der Waals surface area contributed by atoms with Crippen molar-refractivity contribution in [1.82, 2.24) is 5.32 Å². The van der Waals surface area contributed by atoms with E-state index in [4.69, 9.17) is 0 Å². The fraction of sp³-hybridized carbons (Fsp3) is 0.333. The Morgan fingerprint density at radius 2 is 2.30 bits per heavy atom. The van der Waals surface area contributed by atoms with Gasteiger partial charge < -0.3 is 5.32 Å². The number of rotatable bonds is 4. The van der Waals surface area contributed by atoms with Crippen LogP contribution in [0.3, 0.4) is 0 Å². The van der Waals surface area contributed by atoms with Crippen LogP contribution < -0.4 is 5.32 Å². The van der Waals surface area contributed by atoms with Crippen LogP contribution in [-0.2, 0) is 0 Å². The molecule has 0 heterocycles. The highest BCUT2D eigenvalue weighted by Crippen LogP contribution is 1.93. The molecule has 56 valence electrons. The second-order valence-corrected chi connectivity index (χ2v) is 1.99. The smallest absolute Gasteiger partial charge is 0.0199 e. The molecule has 0 bridgehead atoms. The summed E-state index contributed by atoms with van der Waals surface area (Å²) in [6, 6.07) is 0. The zero-order valence-electron chi connectivity index (χ0n) is 6.72. The minimum absolute atomic E-state index is 0.918. The van der Waals surface area contributed by atoms with Gasteiger partial charge in [-0.2, -0.15) is 0 Å². The summed E-state index contributed by atoms with van der Waals surface area (Å²) in [7, 11) is 1.94. The highest BCUT2D eigenvalue weighted by Gasteiger charge is 1.84. The van der Waals surface area contributed by atoms with Crippen LogP contribution in [0.25, 0.3) is 0 Å². The van der Waals surface area contributed by atoms with Crippen molar-refractivity contribution in [2.24, 2.45) is 0 Å². The standard InChI is InChI=1S/C9H15N/c1-4-6-7-9(5-2)8-10-3/h4-7,10H,1,8H2,2-3H3. The van der Waals surface area contributed by atoms with E-state index in [9.17, 15) is 0 Å². The Labute approximate surface area is 63.1 Å². The topological polar surface area (TPSA) is 12.0 Å². The summed E-state index contributed by atoms with van der Waals surface area (Å²) in [5, 5.41) is 3.07. The second-order valence-electron chi connectivity index (χ2n) is 1.99. The first kappa shape index (κ1) is 9.18. The summed E-state index contributed by atoms with van der Waals surface area (Å²) < 4.78 is 0. The van der Waals surface area contributed by atoms with E-state index in [1.807, 2.05) is 26.1 Å². The van der Waals surface area contributed by atoms with Gasteiger partial charge in [-0.15, -0.1) is 0 Å². The lowest BCUT2D eigenvalue weighted by molar-refractivity contribution is 0.894. The first-order valence-corrected chi connectivity index (χ1v) is 3.44. The van der Waals surface area contributed by atoms with Gasteiger partial charge in [0.25, 0.3) is 0 Å². The van der Waals surface area contributed by atoms with E-state index in [2.05, 4.69) is 18.0 Å². The molecular weight excluding hydrogens is 122 g/mol. The Morgan fingerprint density at radius 1 is 1.60 bits per heavy atom. The minimum atomic E-state index is 0.918. The van der Waals surface area contributed by atoms with Crippen LogP contribution >= 0.6 is 0 Å². The van der Waals surface area contributed by atoms with Crippen molar-refractivity contribution >= 4 is 0 Å². The fourth-order valence-corrected chi connectivity index (χ4v) is 0.653. The van der Waals surface area contributed by atoms with Crippen molar-refractivity contribution in [1.29, 1.82) is 0 Å². The van der Waals surface area contributed by atoms with E-state index >= 15 is 0 Å². The van der Waals surface area contributed by atoms with E-state index in [-0.39, 0.29) is 0 Å². The lowest BCUT2D eigenvalue weighted by Crippen LogP contribution is -2.08. The lowest BCUT2D eigenvalue weighted by atomic mass is 10.2. The third-order valence-corrected chi connectivity index (χ3v) is 1.20. The number of hydrogen-bond acceptors (Lipinski definition) is 1. The molecule has 0 saturated heterocycles. The summed E-state index contributed by atoms with van der Waals surface area (Å²) >= 11 is 0. The quantitative estimate of drug-likeness (QED) is 0.583. The molecule has 0 rings (SSSR count). The molecule has 0 aliphatic carbocycles. The third kappa shape index (κ3) is 4.10. The molecule has 1 N–H and O–H groups in total. The summed E-state index contributed by atoms with van der Waals surface area (Å²) in [6.07, 6.45) is 7.84. The Morgan fingerprint density at radius 3 is 2.70 bits per heavy atom. The molecule has 1 heteroatoms. The third-order valence-electron chi connectivity index (χ3n) is 1.20. The first-order valence-electron chi connectivity index (χ1n) is 3.44. The maximum absolute atomic E-state index is 3.59. The predicted molar refractivity (Wildman–Crippen MR) is 47.0 cm³/mol. The Kier molecular flexibility index (Phi) is 5.79. The van der Waals surface area contributed by atoms with Crippen LogP contribution in [0.1, 0.15) is 6.92 Å². The van der Waals surface area contributed by atoms with Crippen molar-refractivity contribution in [3.05, 3.63) is 36.5 Å². The van der Waals surface area contributed by atoms with Gasteiger partial charge in [-0.3, -0.25) is 0 Å². The van der Waals surface area contributed by atoms with Crippen molar-refractivity contribution in [3.8, 4) is 0 Å². The zero-order chi connectivity index (χ0) is 7.82. The van der Waals surface area contributed by atoms with Gasteiger partial charge in [-0.05, 0) is 19.5 Å². The van der Waals surface area contributed by atoms with Crippen molar-refractivity contribution in [2.75, 3.05) is 13.6 Å². The van der Waals surface area contributed by atoms with Crippen LogP contribution in [-0.4, -0.2) is 13.6 Å². The molecule has 0 aliphatic heterocycles. The van der Waals surface area contributed by atoms with Gasteiger partial charge in [0.1, 0.15) is 0 Å². The molecular formula is C9H15N. The van der Waals surface area contributed by atoms with Crippen LogP contribution in [0, 0.1) is 0 Å². The van der Waals surface area contributed by atoms with E-state index in [0.29, 0.717) is 0 Å². The molecule has 0 aromatic rings. The van der Waals surface area contributed by atoms with E-state index in [0.717, 1.165) is 6.54 Å². The molecule has 0 fully saturated rings. The maximum atomic E-state index is 3.59. The zero-order valence-corrected chi connectivity index (χ0v) is 6.72. The monoisotopic (exact) mass is 137 g/mol. The Balaban J connectivity index is 3.84. The number of allylic oxidation sites excluding steroid dienone is 3. The van der Waals surface area contributed by atoms with E-state index in [1.165, 1.54) is 5.57 Å². The summed E-state index contributed by atoms with van der Waals surface area (Å²) in [6.45, 7) is 6.54. The summed E-state index contributed by atoms with van der Waals surface area (Å²) in [5.41, 5.74) is 1.28. The number of likely N-dealkylation sites (N-methyl/N-ethyl adjacent to an activating group) is 1. The molecule has 0 radical (unpaired) electrons. The molecule has 0 aromatic carbocycles. The van der Waals surface area contributed by atoms with Crippen molar-refractivity contribution < 1.29 is 0 Å². The summed E-state index contributed by atoms with van der Waals surface area (Å²) in [4.78, 5) is 0. The molecule has 0 spiro atoms. The molecule has 10 heavy (non-hydrogen) atoms. The first-order chi connectivity index (χ1) is 4.85. The predicted octanol–water partition coefficient (Wildman–Crippen LogP) is 1.89. The number of hydrogen-bond donors (Lipinski definition) is 1. The SMILES string of the molecule is C=CC=CC(=CC)CNC. The molecule has 0 unspecified atom stereocenters. The normalized spacial score (nSPS) is 12.4. The van der Waals surface area contributed by atoms with E-state index in [1.54, 1.807) is 6.08 Å². The van der Waals surface area contributed by atoms with Crippen LogP contribution in [0.15, 0.2) is 36.5 Å². The van der Waals surface area contributed by atoms with Gasteiger partial charge in [0, 0.05) is 6.54 Å². The molecule has 0 amide bonds. The second kappa shape index (κ2) is 6.30. The van der Waals surface area contributed by atoms with Gasteiger partial charge in [-0.25, -0.2) is 0 Å². The molecule has 0 saturated carbocycles. The maximum Gasteiger partial charge on any atom is 0.0199 e. The van der Waals surface area contributed by atoms with Crippen LogP contribution in [0.4, 0.5) is 0 Å². The van der Waals surface area contributed by atoms with Crippen LogP contribution in [0.2, 0.25) is 0 Å². The average Bonchev–Trinajstić information content (AvgIpc) is 1.98. The molecule has 1 nitrogen and oxygen atoms in total. The summed E-state index contributed by atoms with van der Waals surface area (Å²) in [5.74, 6) is 0. The molecule has 0 aromatic heterocycles. The average molecular weight is 137 g/mol. The Hall–Kier alpha value is -0.820. The van der Waals surface area contributed by atoms with E-state index < -0.39 is 0 Å². The Bertz CT molecular complexity index is 143. The largest absolute Gasteiger partial charge is 0.316 e. The highest BCUT2D eigenvalue weighted by atomic mass is 14.8. The van der Waals surface area contributed by atoms with Crippen molar-refractivity contribution in [2.45, 2.75) is 6.92 Å². The fourth-order valence-electron chi connectivity index (χ4n) is 0.653. The molecule has 0 aliphatic rings. The highest BCUT2D eigenvalue weighted by molar-refractivity contribution is 5.21. The van der Waals surface area contributed by atoms with Crippen LogP contribution in [0.5, 0.6) is 0 Å². The minimum Gasteiger partial charge on any atom is -0.316 e. The number of nitrogens with one attached hydrogen (secondary N) is 1. The van der Waals surface area contributed by atoms with Gasteiger partial charge in [0.2, 0.25) is 0 Å². The lowest BCUT2D eigenvalue weighted by Gasteiger charge is -1.97. The van der Waals surface area contributed by atoms with Gasteiger partial charge in [-0.1, -0.05) is 30.9 Å². The van der Waals surface area contributed by atoms with Crippen molar-refractivity contribution in [3.63, 3.8) is 0 Å².